The summed E-state index contributed by atoms with van der Waals surface area (Å²) in [6.45, 7) is 0.450. The molecule has 0 saturated heterocycles. The average Bonchev–Trinajstić information content (AvgIpc) is 3.35. The summed E-state index contributed by atoms with van der Waals surface area (Å²) in [7, 11) is 0. The van der Waals surface area contributed by atoms with Crippen molar-refractivity contribution in [2.45, 2.75) is 6.54 Å². The molecule has 3 heterocycles. The Labute approximate surface area is 173 Å². The van der Waals surface area contributed by atoms with Gasteiger partial charge >= 0.3 is 0 Å². The third-order valence-corrected chi connectivity index (χ3v) is 4.68. The summed E-state index contributed by atoms with van der Waals surface area (Å²) >= 11 is 5.93. The normalized spacial score (nSPS) is 12.3. The number of aromatic amines is 1. The minimum absolute atomic E-state index is 0.0371. The Bertz CT molecular complexity index is 1350. The largest absolute Gasteiger partial charge is 0.454 e. The van der Waals surface area contributed by atoms with Crippen molar-refractivity contribution in [3.63, 3.8) is 0 Å². The zero-order chi connectivity index (χ0) is 20.7. The zero-order valence-corrected chi connectivity index (χ0v) is 16.0. The summed E-state index contributed by atoms with van der Waals surface area (Å²) in [6, 6.07) is 12.1. The van der Waals surface area contributed by atoms with Crippen LogP contribution < -0.4 is 20.3 Å². The number of rotatable bonds is 4. The first-order valence-corrected chi connectivity index (χ1v) is 9.23. The topological polar surface area (TPSA) is 124 Å². The van der Waals surface area contributed by atoms with Crippen molar-refractivity contribution in [3.05, 3.63) is 69.2 Å². The molecular formula is C19H13ClN6O4. The van der Waals surface area contributed by atoms with Crippen molar-refractivity contribution < 1.29 is 14.3 Å². The second-order valence-electron chi connectivity index (χ2n) is 6.49. The average molecular weight is 425 g/mol. The monoisotopic (exact) mass is 424 g/mol. The minimum Gasteiger partial charge on any atom is -0.454 e. The number of carbonyl (C=O) groups excluding carboxylic acids is 1. The van der Waals surface area contributed by atoms with Gasteiger partial charge in [-0.15, -0.1) is 5.10 Å². The Morgan fingerprint density at radius 3 is 2.93 bits per heavy atom. The molecule has 11 heteroatoms. The fourth-order valence-corrected chi connectivity index (χ4v) is 3.24. The number of hydrogen-bond donors (Lipinski definition) is 2. The van der Waals surface area contributed by atoms with Gasteiger partial charge in [0.1, 0.15) is 0 Å². The first-order valence-electron chi connectivity index (χ1n) is 8.86. The third kappa shape index (κ3) is 3.33. The molecule has 5 rings (SSSR count). The van der Waals surface area contributed by atoms with Gasteiger partial charge in [0.2, 0.25) is 12.6 Å². The lowest BCUT2D eigenvalue weighted by Crippen LogP contribution is -2.21. The maximum atomic E-state index is 12.6. The summed E-state index contributed by atoms with van der Waals surface area (Å²) < 4.78 is 12.1. The van der Waals surface area contributed by atoms with E-state index in [1.165, 1.54) is 4.68 Å². The number of nitrogens with one attached hydrogen (secondary N) is 2. The van der Waals surface area contributed by atoms with Crippen LogP contribution in [0.15, 0.2) is 47.3 Å². The lowest BCUT2D eigenvalue weighted by atomic mass is 10.2. The molecule has 150 valence electrons. The highest BCUT2D eigenvalue weighted by atomic mass is 35.5. The lowest BCUT2D eigenvalue weighted by Gasteiger charge is -2.06. The van der Waals surface area contributed by atoms with E-state index in [0.717, 1.165) is 5.56 Å². The molecule has 4 aromatic rings. The van der Waals surface area contributed by atoms with Gasteiger partial charge in [-0.05, 0) is 35.9 Å². The predicted octanol–water partition coefficient (Wildman–Crippen LogP) is 2.20. The number of halogens is 1. The van der Waals surface area contributed by atoms with Gasteiger partial charge in [-0.2, -0.15) is 0 Å². The molecule has 1 aliphatic heterocycles. The molecule has 0 bridgehead atoms. The Morgan fingerprint density at radius 2 is 2.07 bits per heavy atom. The summed E-state index contributed by atoms with van der Waals surface area (Å²) in [5.74, 6) is 0.537. The maximum absolute atomic E-state index is 12.6. The number of benzene rings is 2. The molecule has 30 heavy (non-hydrogen) atoms. The van der Waals surface area contributed by atoms with Gasteiger partial charge in [-0.1, -0.05) is 28.9 Å². The molecule has 0 fully saturated rings. The summed E-state index contributed by atoms with van der Waals surface area (Å²) in [5, 5.41) is 11.0. The minimum atomic E-state index is -0.591. The first kappa shape index (κ1) is 18.1. The van der Waals surface area contributed by atoms with Crippen LogP contribution in [0.5, 0.6) is 11.5 Å². The number of carbonyl (C=O) groups is 1. The maximum Gasteiger partial charge on any atom is 0.291 e. The Balaban J connectivity index is 1.47. The van der Waals surface area contributed by atoms with Crippen LogP contribution in [0.3, 0.4) is 0 Å². The standard InChI is InChI=1S/C19H13ClN6O4/c20-11-2-1-3-12(7-11)21-19(28)16-22-17-15(18(27)23-16)24-25-26(17)8-10-4-5-13-14(6-10)30-9-29-13/h1-7H,8-9H2,(H,21,28)(H,22,23,27). The Kier molecular flexibility index (Phi) is 4.32. The van der Waals surface area contributed by atoms with E-state index in [0.29, 0.717) is 22.2 Å². The highest BCUT2D eigenvalue weighted by Gasteiger charge is 2.18. The first-order chi connectivity index (χ1) is 14.6. The van der Waals surface area contributed by atoms with Gasteiger partial charge in [0, 0.05) is 10.7 Å². The molecule has 2 N–H and O–H groups in total. The number of aromatic nitrogens is 5. The predicted molar refractivity (Wildman–Crippen MR) is 107 cm³/mol. The van der Waals surface area contributed by atoms with E-state index >= 15 is 0 Å². The molecule has 2 aromatic carbocycles. The summed E-state index contributed by atoms with van der Waals surface area (Å²) in [4.78, 5) is 31.7. The van der Waals surface area contributed by atoms with Crippen LogP contribution in [-0.2, 0) is 6.54 Å². The van der Waals surface area contributed by atoms with E-state index in [-0.39, 0.29) is 30.3 Å². The van der Waals surface area contributed by atoms with Gasteiger partial charge in [0.15, 0.2) is 22.7 Å². The molecule has 0 saturated carbocycles. The molecule has 0 aliphatic carbocycles. The van der Waals surface area contributed by atoms with Gasteiger partial charge in [-0.3, -0.25) is 9.59 Å². The number of nitrogens with zero attached hydrogens (tertiary/aromatic N) is 4. The molecule has 1 amide bonds. The molecular weight excluding hydrogens is 412 g/mol. The molecule has 1 aliphatic rings. The van der Waals surface area contributed by atoms with Crippen molar-refractivity contribution >= 4 is 34.4 Å². The highest BCUT2D eigenvalue weighted by molar-refractivity contribution is 6.30. The summed E-state index contributed by atoms with van der Waals surface area (Å²) in [6.07, 6.45) is 0. The SMILES string of the molecule is O=C(Nc1cccc(Cl)c1)c1nc2c(nnn2Cc2ccc3c(c2)OCO3)c(=O)[nH]1. The fraction of sp³-hybridized carbons (Fsp3) is 0.105. The third-order valence-electron chi connectivity index (χ3n) is 4.44. The Morgan fingerprint density at radius 1 is 1.20 bits per heavy atom. The highest BCUT2D eigenvalue weighted by Crippen LogP contribution is 2.32. The quantitative estimate of drug-likeness (QED) is 0.514. The van der Waals surface area contributed by atoms with Crippen LogP contribution >= 0.6 is 11.6 Å². The van der Waals surface area contributed by atoms with E-state index in [1.54, 1.807) is 30.3 Å². The van der Waals surface area contributed by atoms with Gasteiger partial charge < -0.3 is 19.8 Å². The molecule has 0 unspecified atom stereocenters. The van der Waals surface area contributed by atoms with E-state index in [4.69, 9.17) is 21.1 Å². The van der Waals surface area contributed by atoms with Crippen LogP contribution in [0.2, 0.25) is 5.02 Å². The second-order valence-corrected chi connectivity index (χ2v) is 6.92. The van der Waals surface area contributed by atoms with Crippen molar-refractivity contribution in [3.8, 4) is 11.5 Å². The summed E-state index contributed by atoms with van der Waals surface area (Å²) in [5.41, 5.74) is 0.983. The van der Waals surface area contributed by atoms with E-state index in [1.807, 2.05) is 12.1 Å². The Hall–Kier alpha value is -3.92. The molecule has 0 spiro atoms. The number of anilines is 1. The van der Waals surface area contributed by atoms with Crippen molar-refractivity contribution in [1.82, 2.24) is 25.0 Å². The van der Waals surface area contributed by atoms with Crippen LogP contribution in [0.25, 0.3) is 11.2 Å². The fourth-order valence-electron chi connectivity index (χ4n) is 3.05. The van der Waals surface area contributed by atoms with Crippen LogP contribution in [-0.4, -0.2) is 37.7 Å². The molecule has 0 radical (unpaired) electrons. The number of fused-ring (bicyclic) bond motifs is 2. The van der Waals surface area contributed by atoms with Crippen LogP contribution in [0, 0.1) is 0 Å². The van der Waals surface area contributed by atoms with Crippen molar-refractivity contribution in [2.24, 2.45) is 0 Å². The van der Waals surface area contributed by atoms with Crippen molar-refractivity contribution in [2.75, 3.05) is 12.1 Å². The van der Waals surface area contributed by atoms with Gasteiger partial charge in [0.25, 0.3) is 11.5 Å². The molecule has 0 atom stereocenters. The number of H-pyrrole nitrogens is 1. The van der Waals surface area contributed by atoms with Crippen LogP contribution in [0.1, 0.15) is 16.2 Å². The number of ether oxygens (including phenoxy) is 2. The second kappa shape index (κ2) is 7.16. The van der Waals surface area contributed by atoms with E-state index in [2.05, 4.69) is 25.6 Å². The number of hydrogen-bond acceptors (Lipinski definition) is 7. The smallest absolute Gasteiger partial charge is 0.291 e. The van der Waals surface area contributed by atoms with E-state index < -0.39 is 11.5 Å². The zero-order valence-electron chi connectivity index (χ0n) is 15.3. The number of amides is 1. The van der Waals surface area contributed by atoms with Crippen LogP contribution in [0.4, 0.5) is 5.69 Å². The van der Waals surface area contributed by atoms with Gasteiger partial charge in [-0.25, -0.2) is 9.67 Å². The molecule has 2 aromatic heterocycles. The van der Waals surface area contributed by atoms with E-state index in [9.17, 15) is 9.59 Å². The van der Waals surface area contributed by atoms with Gasteiger partial charge in [0.05, 0.1) is 6.54 Å². The molecule has 10 nitrogen and oxygen atoms in total. The lowest BCUT2D eigenvalue weighted by molar-refractivity contribution is 0.101. The van der Waals surface area contributed by atoms with Crippen molar-refractivity contribution in [1.29, 1.82) is 0 Å².